The van der Waals surface area contributed by atoms with Crippen LogP contribution < -0.4 is 10.5 Å². The van der Waals surface area contributed by atoms with Crippen LogP contribution in [0.25, 0.3) is 0 Å². The van der Waals surface area contributed by atoms with Gasteiger partial charge < -0.3 is 10.5 Å². The Morgan fingerprint density at radius 1 is 1.19 bits per heavy atom. The van der Waals surface area contributed by atoms with Crippen LogP contribution in [-0.2, 0) is 12.8 Å². The van der Waals surface area contributed by atoms with Crippen LogP contribution in [0.4, 0.5) is 0 Å². The summed E-state index contributed by atoms with van der Waals surface area (Å²) >= 11 is 0. The molecule has 21 heavy (non-hydrogen) atoms. The standard InChI is InChI=1S/C18H24N2O/c1-4-14-8-9-16(20-12-14)11-18(19)15-6-5-7-17(10-15)21-13(2)3/h5-10,12-13,18H,4,11,19H2,1-3H3. The Morgan fingerprint density at radius 3 is 2.62 bits per heavy atom. The normalized spacial score (nSPS) is 12.4. The van der Waals surface area contributed by atoms with Crippen LogP contribution in [0, 0.1) is 0 Å². The average Bonchev–Trinajstić information content (AvgIpc) is 2.47. The molecule has 1 unspecified atom stereocenters. The molecule has 0 spiro atoms. The van der Waals surface area contributed by atoms with Crippen LogP contribution in [0.2, 0.25) is 0 Å². The van der Waals surface area contributed by atoms with Crippen LogP contribution in [0.5, 0.6) is 5.75 Å². The van der Waals surface area contributed by atoms with Gasteiger partial charge in [0, 0.05) is 24.4 Å². The molecule has 0 amide bonds. The average molecular weight is 284 g/mol. The van der Waals surface area contributed by atoms with Crippen molar-refractivity contribution in [2.24, 2.45) is 5.73 Å². The maximum absolute atomic E-state index is 6.30. The third-order valence-electron chi connectivity index (χ3n) is 3.38. The number of ether oxygens (including phenoxy) is 1. The Hall–Kier alpha value is -1.87. The molecule has 1 aromatic heterocycles. The third-order valence-corrected chi connectivity index (χ3v) is 3.38. The minimum absolute atomic E-state index is 0.0688. The monoisotopic (exact) mass is 284 g/mol. The van der Waals surface area contributed by atoms with Crippen molar-refractivity contribution in [1.82, 2.24) is 4.98 Å². The summed E-state index contributed by atoms with van der Waals surface area (Å²) in [4.78, 5) is 4.47. The second kappa shape index (κ2) is 7.23. The van der Waals surface area contributed by atoms with Gasteiger partial charge in [-0.25, -0.2) is 0 Å². The molecule has 2 rings (SSSR count). The Labute approximate surface area is 127 Å². The van der Waals surface area contributed by atoms with Gasteiger partial charge in [-0.2, -0.15) is 0 Å². The number of benzene rings is 1. The SMILES string of the molecule is CCc1ccc(CC(N)c2cccc(OC(C)C)c2)nc1. The largest absolute Gasteiger partial charge is 0.491 e. The van der Waals surface area contributed by atoms with E-state index in [1.165, 1.54) is 5.56 Å². The van der Waals surface area contributed by atoms with Crippen LogP contribution in [0.15, 0.2) is 42.6 Å². The summed E-state index contributed by atoms with van der Waals surface area (Å²) in [6, 6.07) is 12.1. The number of hydrogen-bond donors (Lipinski definition) is 1. The molecule has 0 aliphatic rings. The Bertz CT molecular complexity index is 564. The Kier molecular flexibility index (Phi) is 5.34. The quantitative estimate of drug-likeness (QED) is 0.880. The number of nitrogens with two attached hydrogens (primary N) is 1. The molecule has 3 nitrogen and oxygen atoms in total. The first-order valence-corrected chi connectivity index (χ1v) is 7.54. The molecule has 1 atom stereocenters. The van der Waals surface area contributed by atoms with E-state index >= 15 is 0 Å². The summed E-state index contributed by atoms with van der Waals surface area (Å²) in [5, 5.41) is 0. The van der Waals surface area contributed by atoms with E-state index in [9.17, 15) is 0 Å². The van der Waals surface area contributed by atoms with Gasteiger partial charge in [-0.05, 0) is 49.6 Å². The highest BCUT2D eigenvalue weighted by molar-refractivity contribution is 5.31. The second-order valence-corrected chi connectivity index (χ2v) is 5.56. The fourth-order valence-corrected chi connectivity index (χ4v) is 2.22. The number of hydrogen-bond acceptors (Lipinski definition) is 3. The molecule has 0 saturated carbocycles. The molecule has 3 heteroatoms. The van der Waals surface area contributed by atoms with E-state index in [2.05, 4.69) is 24.0 Å². The van der Waals surface area contributed by atoms with Crippen molar-refractivity contribution in [3.8, 4) is 5.75 Å². The molecule has 0 bridgehead atoms. The van der Waals surface area contributed by atoms with Gasteiger partial charge in [-0.3, -0.25) is 4.98 Å². The lowest BCUT2D eigenvalue weighted by molar-refractivity contribution is 0.242. The molecule has 0 aliphatic heterocycles. The van der Waals surface area contributed by atoms with Gasteiger partial charge in [-0.1, -0.05) is 25.1 Å². The molecule has 2 N–H and O–H groups in total. The maximum Gasteiger partial charge on any atom is 0.120 e. The van der Waals surface area contributed by atoms with Crippen molar-refractivity contribution in [1.29, 1.82) is 0 Å². The minimum Gasteiger partial charge on any atom is -0.491 e. The Morgan fingerprint density at radius 2 is 2.00 bits per heavy atom. The summed E-state index contributed by atoms with van der Waals surface area (Å²) in [5.41, 5.74) is 9.65. The van der Waals surface area contributed by atoms with E-state index < -0.39 is 0 Å². The van der Waals surface area contributed by atoms with Crippen molar-refractivity contribution in [2.75, 3.05) is 0 Å². The highest BCUT2D eigenvalue weighted by Gasteiger charge is 2.09. The predicted molar refractivity (Wildman–Crippen MR) is 86.5 cm³/mol. The number of aryl methyl sites for hydroxylation is 1. The van der Waals surface area contributed by atoms with E-state index in [1.54, 1.807) is 0 Å². The van der Waals surface area contributed by atoms with E-state index in [0.29, 0.717) is 0 Å². The summed E-state index contributed by atoms with van der Waals surface area (Å²) in [7, 11) is 0. The molecule has 0 radical (unpaired) electrons. The minimum atomic E-state index is -0.0688. The second-order valence-electron chi connectivity index (χ2n) is 5.56. The fraction of sp³-hybridized carbons (Fsp3) is 0.389. The van der Waals surface area contributed by atoms with Crippen LogP contribution >= 0.6 is 0 Å². The first-order chi connectivity index (χ1) is 10.1. The van der Waals surface area contributed by atoms with Crippen molar-refractivity contribution < 1.29 is 4.74 Å². The van der Waals surface area contributed by atoms with E-state index in [4.69, 9.17) is 10.5 Å². The van der Waals surface area contributed by atoms with Crippen LogP contribution in [0.1, 0.15) is 43.6 Å². The molecule has 0 fully saturated rings. The molecule has 1 aromatic carbocycles. The lowest BCUT2D eigenvalue weighted by atomic mass is 10.0. The predicted octanol–water partition coefficient (Wildman–Crippen LogP) is 3.67. The molecular weight excluding hydrogens is 260 g/mol. The van der Waals surface area contributed by atoms with E-state index in [0.717, 1.165) is 29.8 Å². The van der Waals surface area contributed by atoms with Gasteiger partial charge in [0.05, 0.1) is 6.10 Å². The topological polar surface area (TPSA) is 48.1 Å². The molecule has 0 saturated heterocycles. The lowest BCUT2D eigenvalue weighted by Gasteiger charge is -2.15. The number of rotatable bonds is 6. The van der Waals surface area contributed by atoms with Gasteiger partial charge in [-0.15, -0.1) is 0 Å². The van der Waals surface area contributed by atoms with Gasteiger partial charge in [0.25, 0.3) is 0 Å². The summed E-state index contributed by atoms with van der Waals surface area (Å²) in [6.45, 7) is 6.17. The summed E-state index contributed by atoms with van der Waals surface area (Å²) < 4.78 is 5.71. The Balaban J connectivity index is 2.06. The zero-order valence-electron chi connectivity index (χ0n) is 13.0. The van der Waals surface area contributed by atoms with E-state index in [1.807, 2.05) is 44.3 Å². The van der Waals surface area contributed by atoms with E-state index in [-0.39, 0.29) is 12.1 Å². The first kappa shape index (κ1) is 15.5. The smallest absolute Gasteiger partial charge is 0.120 e. The highest BCUT2D eigenvalue weighted by Crippen LogP contribution is 2.21. The number of pyridine rings is 1. The van der Waals surface area contributed by atoms with Gasteiger partial charge in [0.15, 0.2) is 0 Å². The fourth-order valence-electron chi connectivity index (χ4n) is 2.22. The van der Waals surface area contributed by atoms with Gasteiger partial charge >= 0.3 is 0 Å². The van der Waals surface area contributed by atoms with Crippen molar-refractivity contribution in [3.63, 3.8) is 0 Å². The molecule has 112 valence electrons. The third kappa shape index (κ3) is 4.57. The number of nitrogens with zero attached hydrogens (tertiary/aromatic N) is 1. The molecule has 2 aromatic rings. The van der Waals surface area contributed by atoms with Gasteiger partial charge in [0.1, 0.15) is 5.75 Å². The zero-order valence-corrected chi connectivity index (χ0v) is 13.0. The van der Waals surface area contributed by atoms with Crippen molar-refractivity contribution in [2.45, 2.75) is 45.8 Å². The maximum atomic E-state index is 6.30. The molecular formula is C18H24N2O. The number of aromatic nitrogens is 1. The van der Waals surface area contributed by atoms with Gasteiger partial charge in [0.2, 0.25) is 0 Å². The lowest BCUT2D eigenvalue weighted by Crippen LogP contribution is -2.14. The van der Waals surface area contributed by atoms with Crippen molar-refractivity contribution >= 4 is 0 Å². The van der Waals surface area contributed by atoms with Crippen LogP contribution in [-0.4, -0.2) is 11.1 Å². The van der Waals surface area contributed by atoms with Crippen molar-refractivity contribution in [3.05, 3.63) is 59.4 Å². The zero-order chi connectivity index (χ0) is 15.2. The summed E-state index contributed by atoms with van der Waals surface area (Å²) in [6.07, 6.45) is 3.84. The first-order valence-electron chi connectivity index (χ1n) is 7.54. The molecule has 0 aliphatic carbocycles. The molecule has 1 heterocycles. The highest BCUT2D eigenvalue weighted by atomic mass is 16.5. The summed E-state index contributed by atoms with van der Waals surface area (Å²) in [5.74, 6) is 0.868. The van der Waals surface area contributed by atoms with Crippen LogP contribution in [0.3, 0.4) is 0 Å².